The minimum absolute atomic E-state index is 0.0646. The Bertz CT molecular complexity index is 637. The van der Waals surface area contributed by atoms with Crippen molar-refractivity contribution >= 4 is 27.5 Å². The second-order valence-electron chi connectivity index (χ2n) is 5.19. The Morgan fingerprint density at radius 3 is 2.67 bits per heavy atom. The third kappa shape index (κ3) is 3.50. The zero-order chi connectivity index (χ0) is 15.6. The molecule has 0 aliphatic heterocycles. The van der Waals surface area contributed by atoms with E-state index in [9.17, 15) is 0 Å². The van der Waals surface area contributed by atoms with Crippen LogP contribution in [0.1, 0.15) is 42.4 Å². The van der Waals surface area contributed by atoms with E-state index in [4.69, 9.17) is 17.3 Å². The van der Waals surface area contributed by atoms with Gasteiger partial charge in [0.2, 0.25) is 0 Å². The smallest absolute Gasteiger partial charge is 0.0766 e. The van der Waals surface area contributed by atoms with Crippen LogP contribution in [0.2, 0.25) is 5.02 Å². The number of aryl methyl sites for hydroxylation is 3. The number of nitrogens with zero attached hydrogens (tertiary/aromatic N) is 2. The van der Waals surface area contributed by atoms with Crippen LogP contribution in [0.4, 0.5) is 0 Å². The van der Waals surface area contributed by atoms with Crippen LogP contribution in [0.5, 0.6) is 0 Å². The summed E-state index contributed by atoms with van der Waals surface area (Å²) in [6.07, 6.45) is 1.67. The third-order valence-electron chi connectivity index (χ3n) is 3.74. The van der Waals surface area contributed by atoms with Gasteiger partial charge < -0.3 is 5.73 Å². The Balaban J connectivity index is 2.31. The van der Waals surface area contributed by atoms with Gasteiger partial charge in [-0.15, -0.1) is 0 Å². The standard InChI is InChI=1S/C16H21BrClN3/c1-4-14-16(17)15(21(5-2)20-14)9-13(19)12-7-6-11(18)8-10(12)3/h6-8,13H,4-5,9,19H2,1-3H3. The minimum atomic E-state index is -0.0646. The lowest BCUT2D eigenvalue weighted by Crippen LogP contribution is -2.17. The van der Waals surface area contributed by atoms with Crippen molar-refractivity contribution < 1.29 is 0 Å². The fraction of sp³-hybridized carbons (Fsp3) is 0.438. The van der Waals surface area contributed by atoms with Gasteiger partial charge in [-0.05, 0) is 59.5 Å². The van der Waals surface area contributed by atoms with Crippen molar-refractivity contribution in [2.24, 2.45) is 5.73 Å². The summed E-state index contributed by atoms with van der Waals surface area (Å²) < 4.78 is 3.13. The van der Waals surface area contributed by atoms with Gasteiger partial charge in [0.1, 0.15) is 0 Å². The maximum absolute atomic E-state index is 6.42. The second kappa shape index (κ2) is 6.95. The molecule has 0 bridgehead atoms. The molecule has 0 fully saturated rings. The van der Waals surface area contributed by atoms with Crippen LogP contribution in [0.3, 0.4) is 0 Å². The molecular formula is C16H21BrClN3. The van der Waals surface area contributed by atoms with Crippen LogP contribution in [0.15, 0.2) is 22.7 Å². The first-order chi connectivity index (χ1) is 9.97. The topological polar surface area (TPSA) is 43.8 Å². The van der Waals surface area contributed by atoms with E-state index in [1.807, 2.05) is 29.8 Å². The number of aromatic nitrogens is 2. The molecule has 0 spiro atoms. The van der Waals surface area contributed by atoms with Crippen molar-refractivity contribution in [1.82, 2.24) is 9.78 Å². The van der Waals surface area contributed by atoms with Gasteiger partial charge in [-0.25, -0.2) is 0 Å². The molecule has 0 aliphatic rings. The molecule has 2 N–H and O–H groups in total. The summed E-state index contributed by atoms with van der Waals surface area (Å²) in [5.41, 5.74) is 10.9. The SMILES string of the molecule is CCc1nn(CC)c(CC(N)c2ccc(Cl)cc2C)c1Br. The number of halogens is 2. The highest BCUT2D eigenvalue weighted by Crippen LogP contribution is 2.28. The Kier molecular flexibility index (Phi) is 5.47. The first-order valence-corrected chi connectivity index (χ1v) is 8.40. The molecule has 1 atom stereocenters. The molecule has 1 unspecified atom stereocenters. The average Bonchev–Trinajstić information content (AvgIpc) is 2.75. The number of nitrogens with two attached hydrogens (primary N) is 1. The van der Waals surface area contributed by atoms with Crippen molar-refractivity contribution in [3.8, 4) is 0 Å². The summed E-state index contributed by atoms with van der Waals surface area (Å²) in [6.45, 7) is 7.10. The van der Waals surface area contributed by atoms with E-state index in [0.717, 1.165) is 51.4 Å². The summed E-state index contributed by atoms with van der Waals surface area (Å²) >= 11 is 9.69. The lowest BCUT2D eigenvalue weighted by Gasteiger charge is -2.16. The Labute approximate surface area is 139 Å². The van der Waals surface area contributed by atoms with Gasteiger partial charge in [-0.1, -0.05) is 24.6 Å². The van der Waals surface area contributed by atoms with Gasteiger partial charge >= 0.3 is 0 Å². The molecule has 1 aromatic heterocycles. The summed E-state index contributed by atoms with van der Waals surface area (Å²) in [6, 6.07) is 5.81. The molecule has 1 aromatic carbocycles. The van der Waals surface area contributed by atoms with E-state index in [-0.39, 0.29) is 6.04 Å². The molecule has 0 radical (unpaired) electrons. The molecule has 5 heteroatoms. The van der Waals surface area contributed by atoms with Crippen molar-refractivity contribution in [3.05, 3.63) is 50.2 Å². The van der Waals surface area contributed by atoms with Crippen molar-refractivity contribution in [2.45, 2.75) is 46.2 Å². The van der Waals surface area contributed by atoms with Crippen LogP contribution >= 0.6 is 27.5 Å². The molecule has 0 amide bonds. The highest BCUT2D eigenvalue weighted by atomic mass is 79.9. The van der Waals surface area contributed by atoms with Crippen LogP contribution in [-0.2, 0) is 19.4 Å². The molecular weight excluding hydrogens is 350 g/mol. The minimum Gasteiger partial charge on any atom is -0.324 e. The highest BCUT2D eigenvalue weighted by Gasteiger charge is 2.18. The zero-order valence-corrected chi connectivity index (χ0v) is 15.0. The summed E-state index contributed by atoms with van der Waals surface area (Å²) in [5.74, 6) is 0. The van der Waals surface area contributed by atoms with Crippen molar-refractivity contribution in [1.29, 1.82) is 0 Å². The molecule has 3 nitrogen and oxygen atoms in total. The van der Waals surface area contributed by atoms with E-state index < -0.39 is 0 Å². The summed E-state index contributed by atoms with van der Waals surface area (Å²) in [4.78, 5) is 0. The molecule has 2 aromatic rings. The molecule has 2 rings (SSSR count). The van der Waals surface area contributed by atoms with E-state index in [2.05, 4.69) is 34.9 Å². The summed E-state index contributed by atoms with van der Waals surface area (Å²) in [7, 11) is 0. The van der Waals surface area contributed by atoms with Crippen LogP contribution in [0.25, 0.3) is 0 Å². The van der Waals surface area contributed by atoms with E-state index >= 15 is 0 Å². The van der Waals surface area contributed by atoms with Gasteiger partial charge in [0.25, 0.3) is 0 Å². The molecule has 0 saturated carbocycles. The van der Waals surface area contributed by atoms with Gasteiger partial charge in [0.05, 0.1) is 15.9 Å². The Morgan fingerprint density at radius 2 is 2.10 bits per heavy atom. The second-order valence-corrected chi connectivity index (χ2v) is 6.42. The predicted molar refractivity (Wildman–Crippen MR) is 91.8 cm³/mol. The number of hydrogen-bond donors (Lipinski definition) is 1. The monoisotopic (exact) mass is 369 g/mol. The number of hydrogen-bond acceptors (Lipinski definition) is 2. The van der Waals surface area contributed by atoms with E-state index in [1.165, 1.54) is 0 Å². The lowest BCUT2D eigenvalue weighted by molar-refractivity contribution is 0.583. The first kappa shape index (κ1) is 16.5. The molecule has 1 heterocycles. The van der Waals surface area contributed by atoms with Gasteiger partial charge in [-0.3, -0.25) is 4.68 Å². The fourth-order valence-electron chi connectivity index (χ4n) is 2.59. The van der Waals surface area contributed by atoms with Crippen LogP contribution in [-0.4, -0.2) is 9.78 Å². The Hall–Kier alpha value is -0.840. The largest absolute Gasteiger partial charge is 0.324 e. The van der Waals surface area contributed by atoms with Crippen LogP contribution in [0, 0.1) is 6.92 Å². The molecule has 21 heavy (non-hydrogen) atoms. The fourth-order valence-corrected chi connectivity index (χ4v) is 3.54. The predicted octanol–water partition coefficient (Wildman–Crippen LogP) is 4.43. The lowest BCUT2D eigenvalue weighted by atomic mass is 9.98. The first-order valence-electron chi connectivity index (χ1n) is 7.23. The van der Waals surface area contributed by atoms with Gasteiger partial charge in [0.15, 0.2) is 0 Å². The van der Waals surface area contributed by atoms with Crippen molar-refractivity contribution in [2.75, 3.05) is 0 Å². The number of benzene rings is 1. The maximum atomic E-state index is 6.42. The molecule has 114 valence electrons. The van der Waals surface area contributed by atoms with E-state index in [0.29, 0.717) is 0 Å². The summed E-state index contributed by atoms with van der Waals surface area (Å²) in [5, 5.41) is 5.37. The quantitative estimate of drug-likeness (QED) is 0.846. The number of rotatable bonds is 5. The normalized spacial score (nSPS) is 12.7. The van der Waals surface area contributed by atoms with Crippen LogP contribution < -0.4 is 5.73 Å². The molecule has 0 aliphatic carbocycles. The van der Waals surface area contributed by atoms with Crippen molar-refractivity contribution in [3.63, 3.8) is 0 Å². The molecule has 0 saturated heterocycles. The zero-order valence-electron chi connectivity index (χ0n) is 12.7. The highest BCUT2D eigenvalue weighted by molar-refractivity contribution is 9.10. The maximum Gasteiger partial charge on any atom is 0.0766 e. The third-order valence-corrected chi connectivity index (χ3v) is 4.89. The van der Waals surface area contributed by atoms with E-state index in [1.54, 1.807) is 0 Å². The van der Waals surface area contributed by atoms with Gasteiger partial charge in [0, 0.05) is 24.0 Å². The Morgan fingerprint density at radius 1 is 1.38 bits per heavy atom. The average molecular weight is 371 g/mol. The van der Waals surface area contributed by atoms with Gasteiger partial charge in [-0.2, -0.15) is 5.10 Å².